The molecule has 0 radical (unpaired) electrons. The number of likely N-dealkylation sites (tertiary alicyclic amines) is 1. The third-order valence-corrected chi connectivity index (χ3v) is 11.0. The number of aromatic amines is 1. The van der Waals surface area contributed by atoms with Gasteiger partial charge >= 0.3 is 0 Å². The van der Waals surface area contributed by atoms with Crippen LogP contribution in [0.25, 0.3) is 17.1 Å². The van der Waals surface area contributed by atoms with Crippen LogP contribution in [0.3, 0.4) is 0 Å². The Balaban J connectivity index is 1.33. The average Bonchev–Trinajstić information content (AvgIpc) is 3.56. The third-order valence-electron chi connectivity index (χ3n) is 11.0. The smallest absolute Gasteiger partial charge is 0.253 e. The van der Waals surface area contributed by atoms with Crippen LogP contribution in [0.5, 0.6) is 0 Å². The number of nitrogens with one attached hydrogen (secondary N) is 2. The Morgan fingerprint density at radius 3 is 2.27 bits per heavy atom. The van der Waals surface area contributed by atoms with E-state index in [4.69, 9.17) is 10.2 Å². The number of aromatic nitrogens is 3. The lowest BCUT2D eigenvalue weighted by molar-refractivity contribution is -0.131. The fourth-order valence-electron chi connectivity index (χ4n) is 8.11. The molecule has 7 rings (SSSR count). The molecule has 2 N–H and O–H groups in total. The number of carbonyl (C=O) groups excluding carboxylic acids is 2. The largest absolute Gasteiger partial charge is 0.378 e. The summed E-state index contributed by atoms with van der Waals surface area (Å²) in [5.74, 6) is 1.76. The van der Waals surface area contributed by atoms with E-state index in [1.54, 1.807) is 23.9 Å². The molecule has 1 aromatic heterocycles. The van der Waals surface area contributed by atoms with Gasteiger partial charge in [0.25, 0.3) is 5.91 Å². The molecule has 2 amide bonds. The van der Waals surface area contributed by atoms with Gasteiger partial charge in [0, 0.05) is 51.1 Å². The van der Waals surface area contributed by atoms with E-state index >= 15 is 0 Å². The van der Waals surface area contributed by atoms with Gasteiger partial charge < -0.3 is 25.0 Å². The minimum Gasteiger partial charge on any atom is -0.378 e. The molecule has 0 bridgehead atoms. The molecule has 4 aromatic rings. The Labute approximate surface area is 300 Å². The van der Waals surface area contributed by atoms with E-state index in [-0.39, 0.29) is 30.4 Å². The quantitative estimate of drug-likeness (QED) is 0.228. The Bertz CT molecular complexity index is 1970. The van der Waals surface area contributed by atoms with Crippen LogP contribution in [-0.2, 0) is 23.1 Å². The van der Waals surface area contributed by atoms with E-state index < -0.39 is 5.41 Å². The summed E-state index contributed by atoms with van der Waals surface area (Å²) >= 11 is 0. The maximum atomic E-state index is 13.4. The van der Waals surface area contributed by atoms with Crippen molar-refractivity contribution in [2.45, 2.75) is 56.5 Å². The second-order valence-electron chi connectivity index (χ2n) is 14.7. The highest BCUT2D eigenvalue weighted by Gasteiger charge is 2.54. The number of hydrogen-bond donors (Lipinski definition) is 2. The summed E-state index contributed by atoms with van der Waals surface area (Å²) in [7, 11) is 7.53. The van der Waals surface area contributed by atoms with E-state index in [1.165, 1.54) is 5.56 Å². The van der Waals surface area contributed by atoms with Crippen molar-refractivity contribution in [3.05, 3.63) is 112 Å². The number of H-pyrrole nitrogens is 1. The number of carbonyl (C=O) groups is 2. The standard InChI is InChI=1S/C41H46N8O2/c1-25-7-9-27(10-8-25)38-44-40(46-45-38)41(17-18-43-24-37(50)49-33(23-42)21-32-22-36(32)49)34-15-13-28(26(2)47(3)4)19-29(34)11-12-30-20-31(14-16-35(30)41)39(51)48(5)6/h7-10,13-16,19-20,32-33,36,43H,2,11-12,17-18,21-22,24H2,1,3-6H3,(H,44,45,46)/t32-,33?,36?,41?/m1/s1. The Morgan fingerprint density at radius 2 is 1.63 bits per heavy atom. The zero-order valence-corrected chi connectivity index (χ0v) is 30.2. The summed E-state index contributed by atoms with van der Waals surface area (Å²) in [5.41, 5.74) is 8.30. The lowest BCUT2D eigenvalue weighted by Gasteiger charge is -2.35. The number of fused-ring (bicyclic) bond motifs is 3. The van der Waals surface area contributed by atoms with Gasteiger partial charge in [-0.15, -0.1) is 10.2 Å². The summed E-state index contributed by atoms with van der Waals surface area (Å²) in [6.07, 6.45) is 3.82. The van der Waals surface area contributed by atoms with Gasteiger partial charge in [-0.05, 0) is 97.5 Å². The maximum absolute atomic E-state index is 13.4. The highest BCUT2D eigenvalue weighted by atomic mass is 16.2. The topological polar surface area (TPSA) is 121 Å². The summed E-state index contributed by atoms with van der Waals surface area (Å²) in [5, 5.41) is 22.7. The van der Waals surface area contributed by atoms with Crippen LogP contribution >= 0.6 is 0 Å². The molecule has 2 heterocycles. The lowest BCUT2D eigenvalue weighted by Crippen LogP contribution is -2.44. The maximum Gasteiger partial charge on any atom is 0.253 e. The Kier molecular flexibility index (Phi) is 9.02. The van der Waals surface area contributed by atoms with Gasteiger partial charge in [0.1, 0.15) is 11.9 Å². The van der Waals surface area contributed by atoms with Crippen molar-refractivity contribution in [3.63, 3.8) is 0 Å². The Hall–Kier alpha value is -5.27. The number of rotatable bonds is 10. The van der Waals surface area contributed by atoms with Gasteiger partial charge in [0.15, 0.2) is 5.82 Å². The van der Waals surface area contributed by atoms with Gasteiger partial charge in [-0.3, -0.25) is 9.59 Å². The minimum absolute atomic E-state index is 0.0257. The highest BCUT2D eigenvalue weighted by molar-refractivity contribution is 5.94. The molecule has 2 aliphatic carbocycles. The average molecular weight is 683 g/mol. The van der Waals surface area contributed by atoms with E-state index in [0.717, 1.165) is 64.8 Å². The van der Waals surface area contributed by atoms with Gasteiger partial charge in [0.05, 0.1) is 18.0 Å². The number of nitrogens with zero attached hydrogens (tertiary/aromatic N) is 6. The number of hydrogen-bond acceptors (Lipinski definition) is 7. The predicted molar refractivity (Wildman–Crippen MR) is 198 cm³/mol. The normalized spacial score (nSPS) is 21.5. The van der Waals surface area contributed by atoms with Crippen molar-refractivity contribution in [1.29, 1.82) is 5.26 Å². The number of aryl methyl sites for hydroxylation is 3. The Morgan fingerprint density at radius 1 is 0.961 bits per heavy atom. The monoisotopic (exact) mass is 682 g/mol. The zero-order valence-electron chi connectivity index (χ0n) is 30.2. The zero-order chi connectivity index (χ0) is 36.0. The van der Waals surface area contributed by atoms with E-state index in [0.29, 0.717) is 36.1 Å². The van der Waals surface area contributed by atoms with Crippen LogP contribution in [-0.4, -0.2) is 95.1 Å². The van der Waals surface area contributed by atoms with Gasteiger partial charge in [-0.1, -0.05) is 54.6 Å². The first kappa shape index (κ1) is 34.2. The number of amides is 2. The molecule has 262 valence electrons. The molecular formula is C41H46N8O2. The molecule has 51 heavy (non-hydrogen) atoms. The molecule has 1 saturated heterocycles. The van der Waals surface area contributed by atoms with Crippen LogP contribution in [0.15, 0.2) is 67.2 Å². The van der Waals surface area contributed by atoms with Crippen molar-refractivity contribution >= 4 is 17.5 Å². The van der Waals surface area contributed by atoms with Crippen molar-refractivity contribution in [2.75, 3.05) is 41.3 Å². The first-order valence-corrected chi connectivity index (χ1v) is 17.8. The fourth-order valence-corrected chi connectivity index (χ4v) is 8.11. The molecule has 0 spiro atoms. The van der Waals surface area contributed by atoms with E-state index in [1.807, 2.05) is 43.3 Å². The van der Waals surface area contributed by atoms with Crippen LogP contribution in [0.4, 0.5) is 0 Å². The second-order valence-corrected chi connectivity index (χ2v) is 14.7. The van der Waals surface area contributed by atoms with Crippen LogP contribution < -0.4 is 5.32 Å². The molecule has 10 heteroatoms. The molecule has 1 aliphatic heterocycles. The highest BCUT2D eigenvalue weighted by Crippen LogP contribution is 2.48. The third kappa shape index (κ3) is 6.20. The summed E-state index contributed by atoms with van der Waals surface area (Å²) in [4.78, 5) is 35.7. The van der Waals surface area contributed by atoms with Crippen molar-refractivity contribution in [1.82, 2.24) is 35.2 Å². The summed E-state index contributed by atoms with van der Waals surface area (Å²) in [6.45, 7) is 7.05. The van der Waals surface area contributed by atoms with Gasteiger partial charge in [-0.25, -0.2) is 0 Å². The van der Waals surface area contributed by atoms with Crippen molar-refractivity contribution in [3.8, 4) is 17.5 Å². The fraction of sp³-hybridized carbons (Fsp3) is 0.390. The second kappa shape index (κ2) is 13.5. The summed E-state index contributed by atoms with van der Waals surface area (Å²) in [6, 6.07) is 23.0. The predicted octanol–water partition coefficient (Wildman–Crippen LogP) is 4.94. The number of benzene rings is 3. The first-order valence-electron chi connectivity index (χ1n) is 17.8. The van der Waals surface area contributed by atoms with Crippen LogP contribution in [0.2, 0.25) is 0 Å². The molecule has 10 nitrogen and oxygen atoms in total. The van der Waals surface area contributed by atoms with E-state index in [9.17, 15) is 14.9 Å². The van der Waals surface area contributed by atoms with Crippen molar-refractivity contribution in [2.24, 2.45) is 5.92 Å². The van der Waals surface area contributed by atoms with Crippen molar-refractivity contribution < 1.29 is 9.59 Å². The van der Waals surface area contributed by atoms with E-state index in [2.05, 4.69) is 66.3 Å². The lowest BCUT2D eigenvalue weighted by atomic mass is 9.69. The molecular weight excluding hydrogens is 637 g/mol. The molecule has 1 saturated carbocycles. The molecule has 3 unspecified atom stereocenters. The van der Waals surface area contributed by atoms with Gasteiger partial charge in [-0.2, -0.15) is 5.26 Å². The van der Waals surface area contributed by atoms with Crippen LogP contribution in [0.1, 0.15) is 68.8 Å². The number of piperidine rings is 1. The first-order chi connectivity index (χ1) is 24.5. The molecule has 4 atom stereocenters. The molecule has 3 aliphatic rings. The summed E-state index contributed by atoms with van der Waals surface area (Å²) < 4.78 is 0. The molecule has 3 aromatic carbocycles. The SMILES string of the molecule is C=C(c1ccc2c(c1)CCc1cc(C(=O)N(C)C)ccc1C2(CCNCC(=O)N1C(C#N)C[C@@H]2CC21)c1nnc(-c2ccc(C)cc2)[nH]1)N(C)C. The minimum atomic E-state index is -0.796. The van der Waals surface area contributed by atoms with Crippen LogP contribution in [0, 0.1) is 24.2 Å². The van der Waals surface area contributed by atoms with Gasteiger partial charge in [0.2, 0.25) is 5.91 Å². The number of nitriles is 1. The molecule has 2 fully saturated rings.